The summed E-state index contributed by atoms with van der Waals surface area (Å²) in [5, 5.41) is 9.66. The van der Waals surface area contributed by atoms with Crippen molar-refractivity contribution in [2.75, 3.05) is 26.5 Å². The molecule has 0 fully saturated rings. The largest absolute Gasteiger partial charge is 0.384 e. The van der Waals surface area contributed by atoms with E-state index < -0.39 is 9.84 Å². The van der Waals surface area contributed by atoms with E-state index >= 15 is 0 Å². The average Bonchev–Trinajstić information content (AvgIpc) is 2.70. The highest BCUT2D eigenvalue weighted by atomic mass is 35.5. The van der Waals surface area contributed by atoms with Gasteiger partial charge in [-0.05, 0) is 18.6 Å². The van der Waals surface area contributed by atoms with Crippen molar-refractivity contribution < 1.29 is 13.2 Å². The standard InChI is InChI=1S/C14H17ClN2O3S/c1-20-8-5-13-14(21(2,18)19)11-9-10(15)3-4-12(11)17(13)7-6-16/h3-4,11H,5,7-9H2,1-2H3. The van der Waals surface area contributed by atoms with Gasteiger partial charge in [-0.25, -0.2) is 8.42 Å². The SMILES string of the molecule is COCCC1=C(S(C)(=O)=O)C2CC(Cl)=CC=C2N1CC#N. The zero-order chi connectivity index (χ0) is 15.6. The van der Waals surface area contributed by atoms with Gasteiger partial charge in [0.15, 0.2) is 9.84 Å². The van der Waals surface area contributed by atoms with Gasteiger partial charge in [0, 0.05) is 42.1 Å². The first-order valence-corrected chi connectivity index (χ1v) is 8.79. The minimum absolute atomic E-state index is 0.117. The van der Waals surface area contributed by atoms with Gasteiger partial charge >= 0.3 is 0 Å². The van der Waals surface area contributed by atoms with Crippen LogP contribution >= 0.6 is 11.6 Å². The zero-order valence-electron chi connectivity index (χ0n) is 12.0. The molecule has 0 aromatic carbocycles. The Morgan fingerprint density at radius 1 is 1.52 bits per heavy atom. The van der Waals surface area contributed by atoms with Gasteiger partial charge in [-0.15, -0.1) is 0 Å². The number of nitrogens with zero attached hydrogens (tertiary/aromatic N) is 2. The van der Waals surface area contributed by atoms with Gasteiger partial charge in [0.2, 0.25) is 0 Å². The lowest BCUT2D eigenvalue weighted by Gasteiger charge is -2.24. The number of methoxy groups -OCH3 is 1. The zero-order valence-corrected chi connectivity index (χ0v) is 13.5. The summed E-state index contributed by atoms with van der Waals surface area (Å²) in [6.45, 7) is 0.517. The van der Waals surface area contributed by atoms with Gasteiger partial charge in [-0.2, -0.15) is 5.26 Å². The quantitative estimate of drug-likeness (QED) is 0.723. The first-order chi connectivity index (χ1) is 9.90. The van der Waals surface area contributed by atoms with Crippen LogP contribution in [0.1, 0.15) is 12.8 Å². The van der Waals surface area contributed by atoms with Crippen LogP contribution in [0, 0.1) is 17.2 Å². The highest BCUT2D eigenvalue weighted by Crippen LogP contribution is 2.46. The lowest BCUT2D eigenvalue weighted by molar-refractivity contribution is 0.196. The molecule has 0 aromatic heterocycles. The molecule has 0 amide bonds. The summed E-state index contributed by atoms with van der Waals surface area (Å²) in [5.41, 5.74) is 1.48. The van der Waals surface area contributed by atoms with Gasteiger partial charge in [0.1, 0.15) is 6.54 Å². The van der Waals surface area contributed by atoms with Crippen molar-refractivity contribution in [1.29, 1.82) is 5.26 Å². The van der Waals surface area contributed by atoms with Crippen LogP contribution in [-0.2, 0) is 14.6 Å². The molecular weight excluding hydrogens is 312 g/mol. The maximum Gasteiger partial charge on any atom is 0.174 e. The van der Waals surface area contributed by atoms with Gasteiger partial charge in [-0.3, -0.25) is 0 Å². The Morgan fingerprint density at radius 2 is 2.24 bits per heavy atom. The Hall–Kier alpha value is -1.29. The predicted octanol–water partition coefficient (Wildman–Crippen LogP) is 2.14. The molecule has 7 heteroatoms. The van der Waals surface area contributed by atoms with Gasteiger partial charge in [-0.1, -0.05) is 11.6 Å². The lowest BCUT2D eigenvalue weighted by Crippen LogP contribution is -2.22. The molecule has 0 radical (unpaired) electrons. The second-order valence-corrected chi connectivity index (χ2v) is 7.50. The molecule has 0 aromatic rings. The van der Waals surface area contributed by atoms with E-state index in [0.717, 1.165) is 5.70 Å². The average molecular weight is 329 g/mol. The topological polar surface area (TPSA) is 70.4 Å². The van der Waals surface area contributed by atoms with Crippen molar-refractivity contribution in [1.82, 2.24) is 4.90 Å². The molecule has 0 bridgehead atoms. The summed E-state index contributed by atoms with van der Waals surface area (Å²) >= 11 is 6.07. The van der Waals surface area contributed by atoms with Crippen LogP contribution in [0.4, 0.5) is 0 Å². The summed E-state index contributed by atoms with van der Waals surface area (Å²) in [4.78, 5) is 2.15. The summed E-state index contributed by atoms with van der Waals surface area (Å²) in [7, 11) is -1.82. The summed E-state index contributed by atoms with van der Waals surface area (Å²) < 4.78 is 29.5. The summed E-state index contributed by atoms with van der Waals surface area (Å²) in [6, 6.07) is 2.09. The van der Waals surface area contributed by atoms with Crippen LogP contribution in [0.2, 0.25) is 0 Å². The summed E-state index contributed by atoms with van der Waals surface area (Å²) in [6.07, 6.45) is 5.67. The number of sulfone groups is 1. The third-order valence-corrected chi connectivity index (χ3v) is 5.20. The molecule has 2 rings (SSSR count). The first kappa shape index (κ1) is 16.1. The van der Waals surface area contributed by atoms with Crippen LogP contribution in [-0.4, -0.2) is 39.8 Å². The molecule has 1 aliphatic heterocycles. The fourth-order valence-electron chi connectivity index (χ4n) is 2.84. The molecule has 21 heavy (non-hydrogen) atoms. The molecule has 1 unspecified atom stereocenters. The minimum Gasteiger partial charge on any atom is -0.384 e. The first-order valence-electron chi connectivity index (χ1n) is 6.53. The molecule has 1 aliphatic carbocycles. The van der Waals surface area contributed by atoms with Crippen molar-refractivity contribution in [3.63, 3.8) is 0 Å². The van der Waals surface area contributed by atoms with Gasteiger partial charge in [0.05, 0.1) is 17.6 Å². The fraction of sp³-hybridized carbons (Fsp3) is 0.500. The van der Waals surface area contributed by atoms with Crippen LogP contribution in [0.15, 0.2) is 33.5 Å². The number of rotatable bonds is 5. The van der Waals surface area contributed by atoms with Crippen molar-refractivity contribution in [2.24, 2.45) is 5.92 Å². The van der Waals surface area contributed by atoms with E-state index in [1.165, 1.54) is 6.26 Å². The number of fused-ring (bicyclic) bond motifs is 1. The number of nitriles is 1. The number of halogens is 1. The number of hydrogen-bond acceptors (Lipinski definition) is 5. The molecule has 0 N–H and O–H groups in total. The molecule has 0 saturated carbocycles. The Labute approximate surface area is 130 Å². The van der Waals surface area contributed by atoms with Crippen LogP contribution in [0.25, 0.3) is 0 Å². The third-order valence-electron chi connectivity index (χ3n) is 3.60. The number of ether oxygens (including phenoxy) is 1. The number of hydrogen-bond donors (Lipinski definition) is 0. The molecule has 0 spiro atoms. The van der Waals surface area contributed by atoms with E-state index in [0.29, 0.717) is 35.1 Å². The third kappa shape index (κ3) is 3.15. The second-order valence-electron chi connectivity index (χ2n) is 5.03. The van der Waals surface area contributed by atoms with Gasteiger partial charge < -0.3 is 9.64 Å². The molecule has 2 aliphatic rings. The van der Waals surface area contributed by atoms with Crippen LogP contribution in [0.3, 0.4) is 0 Å². The van der Waals surface area contributed by atoms with E-state index in [4.69, 9.17) is 21.6 Å². The van der Waals surface area contributed by atoms with Crippen LogP contribution < -0.4 is 0 Å². The minimum atomic E-state index is -3.38. The van der Waals surface area contributed by atoms with E-state index in [-0.39, 0.29) is 12.5 Å². The predicted molar refractivity (Wildman–Crippen MR) is 80.8 cm³/mol. The van der Waals surface area contributed by atoms with Crippen molar-refractivity contribution in [3.05, 3.63) is 33.5 Å². The maximum absolute atomic E-state index is 12.2. The smallest absolute Gasteiger partial charge is 0.174 e. The molecular formula is C14H17ClN2O3S. The van der Waals surface area contributed by atoms with Crippen molar-refractivity contribution in [3.8, 4) is 6.07 Å². The molecule has 5 nitrogen and oxygen atoms in total. The Morgan fingerprint density at radius 3 is 2.81 bits per heavy atom. The monoisotopic (exact) mass is 328 g/mol. The van der Waals surface area contributed by atoms with E-state index in [1.807, 2.05) is 0 Å². The molecule has 1 atom stereocenters. The highest BCUT2D eigenvalue weighted by Gasteiger charge is 2.41. The van der Waals surface area contributed by atoms with E-state index in [9.17, 15) is 8.42 Å². The lowest BCUT2D eigenvalue weighted by atomic mass is 9.98. The molecule has 0 saturated heterocycles. The van der Waals surface area contributed by atoms with E-state index in [1.54, 1.807) is 24.2 Å². The second kappa shape index (κ2) is 6.22. The Kier molecular flexibility index (Phi) is 4.77. The maximum atomic E-state index is 12.2. The molecule has 114 valence electrons. The summed E-state index contributed by atoms with van der Waals surface area (Å²) in [5.74, 6) is -0.294. The highest BCUT2D eigenvalue weighted by molar-refractivity contribution is 7.94. The normalized spacial score (nSPS) is 21.8. The van der Waals surface area contributed by atoms with Crippen LogP contribution in [0.5, 0.6) is 0 Å². The van der Waals surface area contributed by atoms with Gasteiger partial charge in [0.25, 0.3) is 0 Å². The number of allylic oxidation sites excluding steroid dienone is 4. The Bertz CT molecular complexity index is 671. The fourth-order valence-corrected chi connectivity index (χ4v) is 4.42. The van der Waals surface area contributed by atoms with Crippen molar-refractivity contribution in [2.45, 2.75) is 12.8 Å². The van der Waals surface area contributed by atoms with Crippen molar-refractivity contribution >= 4 is 21.4 Å². The Balaban J connectivity index is 2.55. The molecule has 1 heterocycles. The van der Waals surface area contributed by atoms with E-state index in [2.05, 4.69) is 6.07 Å².